The summed E-state index contributed by atoms with van der Waals surface area (Å²) in [7, 11) is 1.35. The summed E-state index contributed by atoms with van der Waals surface area (Å²) in [6.45, 7) is 0. The van der Waals surface area contributed by atoms with Crippen LogP contribution in [0.1, 0.15) is 18.4 Å². The molecule has 5 rings (SSSR count). The van der Waals surface area contributed by atoms with Gasteiger partial charge in [-0.25, -0.2) is 0 Å². The molecule has 3 aliphatic carbocycles. The number of hydrazone groups is 1. The van der Waals surface area contributed by atoms with Gasteiger partial charge in [0.15, 0.2) is 5.75 Å². The van der Waals surface area contributed by atoms with E-state index in [4.69, 9.17) is 4.74 Å². The van der Waals surface area contributed by atoms with E-state index in [0.717, 1.165) is 17.9 Å². The summed E-state index contributed by atoms with van der Waals surface area (Å²) in [4.78, 5) is 35.9. The highest BCUT2D eigenvalue weighted by Crippen LogP contribution is 2.49. The number of benzene rings is 1. The molecule has 0 spiro atoms. The van der Waals surface area contributed by atoms with E-state index in [9.17, 15) is 19.7 Å². The lowest BCUT2D eigenvalue weighted by Gasteiger charge is -2.37. The number of methoxy groups -OCH3 is 1. The minimum Gasteiger partial charge on any atom is -0.490 e. The second-order valence-corrected chi connectivity index (χ2v) is 6.76. The number of rotatable bonds is 4. The maximum absolute atomic E-state index is 12.7. The molecule has 26 heavy (non-hydrogen) atoms. The summed E-state index contributed by atoms with van der Waals surface area (Å²) < 4.78 is 4.96. The van der Waals surface area contributed by atoms with Gasteiger partial charge in [0.1, 0.15) is 0 Å². The van der Waals surface area contributed by atoms with Crippen molar-refractivity contribution in [1.29, 1.82) is 0 Å². The predicted octanol–water partition coefficient (Wildman–Crippen LogP) is 2.13. The predicted molar refractivity (Wildman–Crippen MR) is 91.4 cm³/mol. The van der Waals surface area contributed by atoms with Gasteiger partial charge < -0.3 is 4.74 Å². The van der Waals surface area contributed by atoms with Crippen molar-refractivity contribution in [3.05, 3.63) is 46.0 Å². The molecule has 134 valence electrons. The van der Waals surface area contributed by atoms with E-state index in [-0.39, 0.29) is 46.9 Å². The van der Waals surface area contributed by atoms with Crippen LogP contribution in [0.15, 0.2) is 35.5 Å². The van der Waals surface area contributed by atoms with Crippen LogP contribution in [0.2, 0.25) is 0 Å². The highest BCUT2D eigenvalue weighted by atomic mass is 16.6. The molecule has 2 fully saturated rings. The lowest BCUT2D eigenvalue weighted by Crippen LogP contribution is -2.38. The molecule has 0 aromatic heterocycles. The molecule has 8 nitrogen and oxygen atoms in total. The number of allylic oxidation sites excluding steroid dienone is 2. The second kappa shape index (κ2) is 6.05. The first-order valence-corrected chi connectivity index (χ1v) is 8.44. The van der Waals surface area contributed by atoms with Crippen LogP contribution in [0.4, 0.5) is 5.69 Å². The Morgan fingerprint density at radius 3 is 2.31 bits per heavy atom. The number of carbonyl (C=O) groups is 2. The average Bonchev–Trinajstić information content (AvgIpc) is 2.93. The van der Waals surface area contributed by atoms with E-state index in [1.165, 1.54) is 25.5 Å². The number of carbonyl (C=O) groups excluding carboxylic acids is 2. The molecule has 2 amide bonds. The largest absolute Gasteiger partial charge is 0.490 e. The molecule has 0 radical (unpaired) electrons. The molecule has 2 bridgehead atoms. The normalized spacial score (nSPS) is 29.5. The van der Waals surface area contributed by atoms with Gasteiger partial charge in [0.25, 0.3) is 11.8 Å². The molecule has 1 aromatic carbocycles. The van der Waals surface area contributed by atoms with Crippen LogP contribution in [-0.2, 0) is 9.59 Å². The lowest BCUT2D eigenvalue weighted by atomic mass is 9.63. The summed E-state index contributed by atoms with van der Waals surface area (Å²) in [6.07, 6.45) is 7.23. The summed E-state index contributed by atoms with van der Waals surface area (Å²) in [6, 6.07) is 4.33. The molecular weight excluding hydrogens is 338 g/mol. The van der Waals surface area contributed by atoms with E-state index in [1.807, 2.05) is 12.2 Å². The quantitative estimate of drug-likeness (QED) is 0.271. The van der Waals surface area contributed by atoms with Crippen LogP contribution < -0.4 is 4.74 Å². The van der Waals surface area contributed by atoms with Crippen molar-refractivity contribution in [2.24, 2.45) is 28.8 Å². The molecule has 0 unspecified atom stereocenters. The third-order valence-electron chi connectivity index (χ3n) is 5.46. The zero-order valence-electron chi connectivity index (χ0n) is 14.1. The monoisotopic (exact) mass is 355 g/mol. The van der Waals surface area contributed by atoms with Gasteiger partial charge in [-0.2, -0.15) is 10.1 Å². The van der Waals surface area contributed by atoms with Crippen molar-refractivity contribution in [2.75, 3.05) is 7.11 Å². The topological polar surface area (TPSA) is 102 Å². The molecule has 1 aliphatic heterocycles. The molecule has 1 saturated carbocycles. The molecule has 4 atom stereocenters. The van der Waals surface area contributed by atoms with Crippen LogP contribution in [0.5, 0.6) is 5.75 Å². The summed E-state index contributed by atoms with van der Waals surface area (Å²) in [5.41, 5.74) is 0.209. The zero-order chi connectivity index (χ0) is 18.4. The van der Waals surface area contributed by atoms with Crippen molar-refractivity contribution >= 4 is 23.7 Å². The fourth-order valence-electron chi connectivity index (χ4n) is 4.23. The number of imide groups is 1. The van der Waals surface area contributed by atoms with Gasteiger partial charge in [0.05, 0.1) is 30.1 Å². The minimum absolute atomic E-state index is 0.101. The van der Waals surface area contributed by atoms with Crippen molar-refractivity contribution < 1.29 is 19.2 Å². The second-order valence-electron chi connectivity index (χ2n) is 6.76. The van der Waals surface area contributed by atoms with Crippen LogP contribution in [0.3, 0.4) is 0 Å². The number of hydrogen-bond acceptors (Lipinski definition) is 6. The van der Waals surface area contributed by atoms with Crippen molar-refractivity contribution in [1.82, 2.24) is 5.01 Å². The van der Waals surface area contributed by atoms with Gasteiger partial charge in [0.2, 0.25) is 0 Å². The van der Waals surface area contributed by atoms with E-state index < -0.39 is 4.92 Å². The molecule has 8 heteroatoms. The molecular formula is C18H17N3O5. The highest BCUT2D eigenvalue weighted by Gasteiger charge is 2.56. The maximum Gasteiger partial charge on any atom is 0.311 e. The summed E-state index contributed by atoms with van der Waals surface area (Å²) in [5.74, 6) is -0.875. The Bertz CT molecular complexity index is 830. The Labute approximate surface area is 149 Å². The van der Waals surface area contributed by atoms with Gasteiger partial charge in [-0.05, 0) is 36.8 Å². The summed E-state index contributed by atoms with van der Waals surface area (Å²) in [5, 5.41) is 16.1. The van der Waals surface area contributed by atoms with Crippen molar-refractivity contribution in [3.8, 4) is 5.75 Å². The number of nitro benzene ring substituents is 1. The summed E-state index contributed by atoms with van der Waals surface area (Å²) >= 11 is 0. The third kappa shape index (κ3) is 2.40. The Hall–Kier alpha value is -3.03. The number of nitro groups is 1. The Balaban J connectivity index is 1.60. The van der Waals surface area contributed by atoms with Crippen LogP contribution in [-0.4, -0.2) is 35.1 Å². The van der Waals surface area contributed by atoms with Gasteiger partial charge in [0, 0.05) is 11.6 Å². The van der Waals surface area contributed by atoms with E-state index >= 15 is 0 Å². The highest BCUT2D eigenvalue weighted by molar-refractivity contribution is 6.06. The first-order valence-electron chi connectivity index (χ1n) is 8.44. The Kier molecular flexibility index (Phi) is 3.82. The lowest BCUT2D eigenvalue weighted by molar-refractivity contribution is -0.385. The van der Waals surface area contributed by atoms with Gasteiger partial charge in [-0.3, -0.25) is 19.7 Å². The van der Waals surface area contributed by atoms with Gasteiger partial charge in [-0.15, -0.1) is 0 Å². The first-order chi connectivity index (χ1) is 12.5. The first kappa shape index (κ1) is 16.4. The Morgan fingerprint density at radius 2 is 1.81 bits per heavy atom. The molecule has 1 heterocycles. The average molecular weight is 355 g/mol. The fourth-order valence-corrected chi connectivity index (χ4v) is 4.23. The smallest absolute Gasteiger partial charge is 0.311 e. The standard InChI is InChI=1S/C18H17N3O5/c1-26-14-7-2-10(8-13(14)21(24)25)9-19-20-17(22)15-11-3-4-12(6-5-11)16(15)18(20)23/h2-4,7-9,11-12,15-16H,5-6H2,1H3/b19-9-/t11-,12-,15-,16-/m0/s1. The number of amides is 2. The SMILES string of the molecule is COc1ccc(/C=N\N2C(=O)[C@@H]3[C@@H](C2=O)[C@H]2C=C[C@H]3CC2)cc1[N+](=O)[O-]. The van der Waals surface area contributed by atoms with E-state index in [0.29, 0.717) is 5.56 Å². The van der Waals surface area contributed by atoms with Crippen molar-refractivity contribution in [3.63, 3.8) is 0 Å². The molecule has 0 N–H and O–H groups in total. The molecule has 1 saturated heterocycles. The van der Waals surface area contributed by atoms with Crippen LogP contribution in [0.25, 0.3) is 0 Å². The fraction of sp³-hybridized carbons (Fsp3) is 0.389. The number of fused-ring (bicyclic) bond motifs is 1. The van der Waals surface area contributed by atoms with E-state index in [2.05, 4.69) is 5.10 Å². The number of hydrogen-bond donors (Lipinski definition) is 0. The third-order valence-corrected chi connectivity index (χ3v) is 5.46. The number of ether oxygens (including phenoxy) is 1. The Morgan fingerprint density at radius 1 is 1.19 bits per heavy atom. The van der Waals surface area contributed by atoms with Gasteiger partial charge >= 0.3 is 5.69 Å². The molecule has 4 aliphatic rings. The molecule has 1 aromatic rings. The number of nitrogens with zero attached hydrogens (tertiary/aromatic N) is 3. The van der Waals surface area contributed by atoms with Crippen LogP contribution in [0, 0.1) is 33.8 Å². The minimum atomic E-state index is -0.555. The van der Waals surface area contributed by atoms with Crippen LogP contribution >= 0.6 is 0 Å². The zero-order valence-corrected chi connectivity index (χ0v) is 14.1. The van der Waals surface area contributed by atoms with Crippen molar-refractivity contribution in [2.45, 2.75) is 12.8 Å². The van der Waals surface area contributed by atoms with Gasteiger partial charge in [-0.1, -0.05) is 12.2 Å². The van der Waals surface area contributed by atoms with E-state index in [1.54, 1.807) is 6.07 Å². The maximum atomic E-state index is 12.7.